The standard InChI is InChI=1S/C22H22BrN9O/c23-17-2-1-14-8-18(9-15(14)7-17)27-21-24-10-16(11-25-21)20-29-30-22(33-20)32-5-3-13(4-6-32)19-12-26-31-28-19/h1-2,7,10-13,18H,3-6,8-9H2,(H,24,25,27)(H,26,28,31). The summed E-state index contributed by atoms with van der Waals surface area (Å²) >= 11 is 3.55. The summed E-state index contributed by atoms with van der Waals surface area (Å²) in [6.45, 7) is 1.66. The fourth-order valence-electron chi connectivity index (χ4n) is 4.62. The molecule has 2 aliphatic rings. The summed E-state index contributed by atoms with van der Waals surface area (Å²) in [4.78, 5) is 11.1. The lowest BCUT2D eigenvalue weighted by molar-refractivity contribution is 0.456. The monoisotopic (exact) mass is 507 g/mol. The third kappa shape index (κ3) is 4.20. The molecule has 0 amide bonds. The molecule has 1 atom stereocenters. The number of rotatable bonds is 5. The molecule has 1 aliphatic heterocycles. The molecule has 33 heavy (non-hydrogen) atoms. The van der Waals surface area contributed by atoms with Crippen LogP contribution in [0.1, 0.15) is 35.6 Å². The molecule has 0 spiro atoms. The number of aromatic nitrogens is 7. The Kier molecular flexibility index (Phi) is 5.25. The summed E-state index contributed by atoms with van der Waals surface area (Å²) in [5, 5.41) is 22.7. The van der Waals surface area contributed by atoms with Gasteiger partial charge in [0.1, 0.15) is 0 Å². The van der Waals surface area contributed by atoms with Crippen molar-refractivity contribution in [2.75, 3.05) is 23.3 Å². The molecular formula is C22H22BrN9O. The average molecular weight is 508 g/mol. The smallest absolute Gasteiger partial charge is 0.318 e. The van der Waals surface area contributed by atoms with Crippen molar-refractivity contribution >= 4 is 27.9 Å². The van der Waals surface area contributed by atoms with Crippen molar-refractivity contribution in [3.8, 4) is 11.5 Å². The van der Waals surface area contributed by atoms with Crippen LogP contribution in [-0.2, 0) is 12.8 Å². The van der Waals surface area contributed by atoms with Crippen LogP contribution in [0.4, 0.5) is 12.0 Å². The normalized spacial score (nSPS) is 18.5. The predicted octanol–water partition coefficient (Wildman–Crippen LogP) is 3.37. The lowest BCUT2D eigenvalue weighted by Crippen LogP contribution is -2.33. The number of benzene rings is 1. The number of H-pyrrole nitrogens is 1. The van der Waals surface area contributed by atoms with Crippen LogP contribution in [0.3, 0.4) is 0 Å². The van der Waals surface area contributed by atoms with Crippen molar-refractivity contribution in [3.05, 3.63) is 58.1 Å². The highest BCUT2D eigenvalue weighted by atomic mass is 79.9. The van der Waals surface area contributed by atoms with Gasteiger partial charge in [-0.25, -0.2) is 9.97 Å². The van der Waals surface area contributed by atoms with Crippen molar-refractivity contribution in [3.63, 3.8) is 0 Å². The Morgan fingerprint density at radius 2 is 1.85 bits per heavy atom. The first-order chi connectivity index (χ1) is 16.2. The van der Waals surface area contributed by atoms with Crippen molar-refractivity contribution in [1.29, 1.82) is 0 Å². The van der Waals surface area contributed by atoms with Crippen molar-refractivity contribution in [2.45, 2.75) is 37.6 Å². The highest BCUT2D eigenvalue weighted by Gasteiger charge is 2.26. The van der Waals surface area contributed by atoms with Crippen LogP contribution in [0.15, 0.2) is 45.7 Å². The number of fused-ring (bicyclic) bond motifs is 1. The minimum Gasteiger partial charge on any atom is -0.403 e. The van der Waals surface area contributed by atoms with Crippen molar-refractivity contribution in [1.82, 2.24) is 35.6 Å². The molecule has 1 aliphatic carbocycles. The maximum absolute atomic E-state index is 5.93. The van der Waals surface area contributed by atoms with Crippen LogP contribution >= 0.6 is 15.9 Å². The molecule has 11 heteroatoms. The SMILES string of the molecule is Brc1ccc2c(c1)CC(Nc1ncc(-c3nnc(N4CCC(c5cn[nH]n5)CC4)o3)cn1)C2. The van der Waals surface area contributed by atoms with E-state index in [9.17, 15) is 0 Å². The number of nitrogens with zero attached hydrogens (tertiary/aromatic N) is 7. The molecule has 0 bridgehead atoms. The van der Waals surface area contributed by atoms with E-state index in [1.165, 1.54) is 11.1 Å². The van der Waals surface area contributed by atoms with E-state index in [0.29, 0.717) is 29.3 Å². The molecule has 1 saturated heterocycles. The molecule has 1 fully saturated rings. The minimum atomic E-state index is 0.287. The summed E-state index contributed by atoms with van der Waals surface area (Å²) in [6.07, 6.45) is 9.11. The predicted molar refractivity (Wildman–Crippen MR) is 125 cm³/mol. The van der Waals surface area contributed by atoms with Crippen LogP contribution in [0, 0.1) is 0 Å². The van der Waals surface area contributed by atoms with Crippen LogP contribution in [-0.4, -0.2) is 54.7 Å². The Balaban J connectivity index is 1.07. The Bertz CT molecular complexity index is 1230. The maximum atomic E-state index is 5.93. The first-order valence-electron chi connectivity index (χ1n) is 11.0. The lowest BCUT2D eigenvalue weighted by Gasteiger charge is -2.29. The van der Waals surface area contributed by atoms with E-state index in [1.807, 2.05) is 0 Å². The van der Waals surface area contributed by atoms with Crippen LogP contribution in [0.25, 0.3) is 11.5 Å². The molecular weight excluding hydrogens is 486 g/mol. The Hall–Kier alpha value is -3.34. The third-order valence-electron chi connectivity index (χ3n) is 6.36. The topological polar surface area (TPSA) is 122 Å². The van der Waals surface area contributed by atoms with Gasteiger partial charge < -0.3 is 14.6 Å². The zero-order chi connectivity index (χ0) is 22.2. The first-order valence-corrected chi connectivity index (χ1v) is 11.8. The van der Waals surface area contributed by atoms with Gasteiger partial charge in [-0.2, -0.15) is 15.4 Å². The zero-order valence-corrected chi connectivity index (χ0v) is 19.4. The van der Waals surface area contributed by atoms with Gasteiger partial charge in [0.15, 0.2) is 0 Å². The van der Waals surface area contributed by atoms with Crippen LogP contribution in [0.2, 0.25) is 0 Å². The van der Waals surface area contributed by atoms with Gasteiger partial charge in [0, 0.05) is 41.9 Å². The number of piperidine rings is 1. The van der Waals surface area contributed by atoms with Gasteiger partial charge >= 0.3 is 6.01 Å². The quantitative estimate of drug-likeness (QED) is 0.418. The highest BCUT2D eigenvalue weighted by molar-refractivity contribution is 9.10. The maximum Gasteiger partial charge on any atom is 0.318 e. The van der Waals surface area contributed by atoms with Gasteiger partial charge in [0.2, 0.25) is 5.95 Å². The Labute approximate surface area is 198 Å². The zero-order valence-electron chi connectivity index (χ0n) is 17.8. The van der Waals surface area contributed by atoms with Gasteiger partial charge in [-0.3, -0.25) is 0 Å². The van der Waals surface area contributed by atoms with Gasteiger partial charge in [0.25, 0.3) is 5.89 Å². The van der Waals surface area contributed by atoms with Gasteiger partial charge in [-0.1, -0.05) is 27.1 Å². The Morgan fingerprint density at radius 1 is 1.03 bits per heavy atom. The number of aromatic amines is 1. The average Bonchev–Trinajstić information content (AvgIpc) is 3.60. The fraction of sp³-hybridized carbons (Fsp3) is 0.364. The molecule has 6 rings (SSSR count). The fourth-order valence-corrected chi connectivity index (χ4v) is 5.03. The van der Waals surface area contributed by atoms with Crippen molar-refractivity contribution in [2.24, 2.45) is 0 Å². The van der Waals surface area contributed by atoms with E-state index in [2.05, 4.69) is 79.9 Å². The van der Waals surface area contributed by atoms with E-state index < -0.39 is 0 Å². The second-order valence-corrected chi connectivity index (χ2v) is 9.42. The van der Waals surface area contributed by atoms with E-state index >= 15 is 0 Å². The molecule has 1 aromatic carbocycles. The summed E-state index contributed by atoms with van der Waals surface area (Å²) < 4.78 is 7.04. The third-order valence-corrected chi connectivity index (χ3v) is 6.86. The molecule has 168 valence electrons. The number of nitrogens with one attached hydrogen (secondary N) is 2. The number of anilines is 2. The molecule has 0 radical (unpaired) electrons. The van der Waals surface area contributed by atoms with E-state index in [-0.39, 0.29) is 6.04 Å². The van der Waals surface area contributed by atoms with E-state index in [0.717, 1.165) is 48.9 Å². The molecule has 4 aromatic rings. The second kappa shape index (κ2) is 8.54. The summed E-state index contributed by atoms with van der Waals surface area (Å²) in [6, 6.07) is 7.26. The summed E-state index contributed by atoms with van der Waals surface area (Å²) in [7, 11) is 0. The van der Waals surface area contributed by atoms with Gasteiger partial charge in [-0.05, 0) is 48.9 Å². The number of halogens is 1. The van der Waals surface area contributed by atoms with E-state index in [4.69, 9.17) is 4.42 Å². The van der Waals surface area contributed by atoms with Crippen LogP contribution in [0.5, 0.6) is 0 Å². The first kappa shape index (κ1) is 20.3. The van der Waals surface area contributed by atoms with E-state index in [1.54, 1.807) is 18.6 Å². The highest BCUT2D eigenvalue weighted by Crippen LogP contribution is 2.30. The van der Waals surface area contributed by atoms with Gasteiger partial charge in [0.05, 0.1) is 17.5 Å². The molecule has 3 aromatic heterocycles. The largest absolute Gasteiger partial charge is 0.403 e. The summed E-state index contributed by atoms with van der Waals surface area (Å²) in [5.74, 6) is 1.43. The number of hydrogen-bond acceptors (Lipinski definition) is 9. The van der Waals surface area contributed by atoms with Crippen molar-refractivity contribution < 1.29 is 4.42 Å². The second-order valence-electron chi connectivity index (χ2n) is 8.50. The van der Waals surface area contributed by atoms with Crippen LogP contribution < -0.4 is 10.2 Å². The van der Waals surface area contributed by atoms with Gasteiger partial charge in [-0.15, -0.1) is 5.10 Å². The molecule has 2 N–H and O–H groups in total. The molecule has 1 unspecified atom stereocenters. The lowest BCUT2D eigenvalue weighted by atomic mass is 9.94. The Morgan fingerprint density at radius 3 is 2.64 bits per heavy atom. The molecule has 10 nitrogen and oxygen atoms in total. The summed E-state index contributed by atoms with van der Waals surface area (Å²) in [5.41, 5.74) is 4.45. The molecule has 4 heterocycles. The minimum absolute atomic E-state index is 0.287. The molecule has 0 saturated carbocycles. The number of hydrogen-bond donors (Lipinski definition) is 2.